The Morgan fingerprint density at radius 2 is 2.05 bits per heavy atom. The van der Waals surface area contributed by atoms with Crippen LogP contribution in [0.2, 0.25) is 0 Å². The van der Waals surface area contributed by atoms with Crippen molar-refractivity contribution >= 4 is 28.4 Å². The van der Waals surface area contributed by atoms with Gasteiger partial charge in [0.05, 0.1) is 23.8 Å². The summed E-state index contributed by atoms with van der Waals surface area (Å²) in [6, 6.07) is 8.22. The summed E-state index contributed by atoms with van der Waals surface area (Å²) in [5.74, 6) is 1.30. The molecule has 0 N–H and O–H groups in total. The molecule has 1 aromatic heterocycles. The molecule has 4 rings (SSSR count). The Labute approximate surface area is 134 Å². The molecular weight excluding hydrogens is 296 g/mol. The van der Waals surface area contributed by atoms with Crippen LogP contribution in [-0.4, -0.2) is 53.9 Å². The van der Waals surface area contributed by atoms with E-state index in [2.05, 4.69) is 28.6 Å². The molecule has 116 valence electrons. The monoisotopic (exact) mass is 316 g/mol. The van der Waals surface area contributed by atoms with Crippen LogP contribution >= 0.6 is 11.8 Å². The van der Waals surface area contributed by atoms with Crippen molar-refractivity contribution < 1.29 is 9.53 Å². The molecule has 2 aromatic rings. The standard InChI is InChI=1S/C17H20N2O2S/c1-18-14-5-3-2-4-13(14)15-16(20)12(11-22-17(15)18)10-19-6-8-21-9-7-19/h2-5,12H,6-11H2,1H3/t12-/m1/s1. The minimum Gasteiger partial charge on any atom is -0.379 e. The molecule has 22 heavy (non-hydrogen) atoms. The quantitative estimate of drug-likeness (QED) is 0.852. The van der Waals surface area contributed by atoms with Gasteiger partial charge in [-0.25, -0.2) is 0 Å². The van der Waals surface area contributed by atoms with Gasteiger partial charge in [0.2, 0.25) is 0 Å². The number of benzene rings is 1. The predicted octanol–water partition coefficient (Wildman–Crippen LogP) is 2.42. The van der Waals surface area contributed by atoms with E-state index in [1.165, 1.54) is 0 Å². The maximum atomic E-state index is 13.0. The maximum absolute atomic E-state index is 13.0. The molecule has 3 heterocycles. The van der Waals surface area contributed by atoms with Gasteiger partial charge < -0.3 is 9.30 Å². The van der Waals surface area contributed by atoms with Crippen LogP contribution in [0.15, 0.2) is 29.3 Å². The first-order chi connectivity index (χ1) is 10.8. The van der Waals surface area contributed by atoms with Crippen molar-refractivity contribution in [2.24, 2.45) is 13.0 Å². The minimum absolute atomic E-state index is 0.0985. The number of rotatable bonds is 2. The first-order valence-corrected chi connectivity index (χ1v) is 8.79. The molecule has 0 bridgehead atoms. The predicted molar refractivity (Wildman–Crippen MR) is 88.7 cm³/mol. The Morgan fingerprint density at radius 1 is 1.27 bits per heavy atom. The molecule has 1 atom stereocenters. The Kier molecular flexibility index (Phi) is 3.72. The number of nitrogens with zero attached hydrogens (tertiary/aromatic N) is 2. The number of carbonyl (C=O) groups excluding carboxylic acids is 1. The smallest absolute Gasteiger partial charge is 0.171 e. The van der Waals surface area contributed by atoms with Crippen molar-refractivity contribution in [3.05, 3.63) is 29.8 Å². The number of carbonyl (C=O) groups is 1. The van der Waals surface area contributed by atoms with E-state index in [4.69, 9.17) is 4.74 Å². The van der Waals surface area contributed by atoms with E-state index < -0.39 is 0 Å². The highest BCUT2D eigenvalue weighted by Gasteiger charge is 2.33. The topological polar surface area (TPSA) is 34.5 Å². The largest absolute Gasteiger partial charge is 0.379 e. The highest BCUT2D eigenvalue weighted by molar-refractivity contribution is 7.99. The number of morpholine rings is 1. The van der Waals surface area contributed by atoms with Gasteiger partial charge in [-0.1, -0.05) is 18.2 Å². The van der Waals surface area contributed by atoms with Crippen LogP contribution in [-0.2, 0) is 11.8 Å². The van der Waals surface area contributed by atoms with Crippen molar-refractivity contribution in [2.45, 2.75) is 5.03 Å². The number of aromatic nitrogens is 1. The summed E-state index contributed by atoms with van der Waals surface area (Å²) in [6.45, 7) is 4.31. The molecule has 0 saturated carbocycles. The van der Waals surface area contributed by atoms with Crippen molar-refractivity contribution in [3.63, 3.8) is 0 Å². The highest BCUT2D eigenvalue weighted by Crippen LogP contribution is 2.39. The van der Waals surface area contributed by atoms with Gasteiger partial charge in [0.15, 0.2) is 5.78 Å². The van der Waals surface area contributed by atoms with Crippen LogP contribution in [0.3, 0.4) is 0 Å². The number of para-hydroxylation sites is 1. The average molecular weight is 316 g/mol. The van der Waals surface area contributed by atoms with Crippen LogP contribution in [0, 0.1) is 5.92 Å². The molecule has 0 aliphatic carbocycles. The van der Waals surface area contributed by atoms with E-state index in [1.54, 1.807) is 0 Å². The number of aryl methyl sites for hydroxylation is 1. The fraction of sp³-hybridized carbons (Fsp3) is 0.471. The summed E-state index contributed by atoms with van der Waals surface area (Å²) in [5, 5.41) is 2.23. The molecule has 1 saturated heterocycles. The third-order valence-corrected chi connectivity index (χ3v) is 5.99. The Morgan fingerprint density at radius 3 is 2.86 bits per heavy atom. The van der Waals surface area contributed by atoms with Crippen LogP contribution < -0.4 is 0 Å². The van der Waals surface area contributed by atoms with Crippen LogP contribution in [0.4, 0.5) is 0 Å². The van der Waals surface area contributed by atoms with E-state index >= 15 is 0 Å². The molecule has 1 fully saturated rings. The van der Waals surface area contributed by atoms with Gasteiger partial charge in [-0.3, -0.25) is 9.69 Å². The lowest BCUT2D eigenvalue weighted by Crippen LogP contribution is -2.42. The van der Waals surface area contributed by atoms with Crippen molar-refractivity contribution in [3.8, 4) is 0 Å². The van der Waals surface area contributed by atoms with Gasteiger partial charge in [0.25, 0.3) is 0 Å². The van der Waals surface area contributed by atoms with Gasteiger partial charge in [0.1, 0.15) is 0 Å². The number of ether oxygens (including phenoxy) is 1. The first kappa shape index (κ1) is 14.3. The summed E-state index contributed by atoms with van der Waals surface area (Å²) in [5.41, 5.74) is 2.09. The van der Waals surface area contributed by atoms with Gasteiger partial charge in [-0.15, -0.1) is 11.8 Å². The Balaban J connectivity index is 1.66. The summed E-state index contributed by atoms with van der Waals surface area (Å²) >= 11 is 1.83. The average Bonchev–Trinajstić information content (AvgIpc) is 2.85. The number of thioether (sulfide) groups is 1. The van der Waals surface area contributed by atoms with Gasteiger partial charge >= 0.3 is 0 Å². The fourth-order valence-electron chi connectivity index (χ4n) is 3.47. The van der Waals surface area contributed by atoms with E-state index in [0.717, 1.165) is 60.1 Å². The van der Waals surface area contributed by atoms with Crippen molar-refractivity contribution in [2.75, 3.05) is 38.6 Å². The summed E-state index contributed by atoms with van der Waals surface area (Å²) in [7, 11) is 2.06. The lowest BCUT2D eigenvalue weighted by atomic mass is 9.97. The molecular formula is C17H20N2O2S. The first-order valence-electron chi connectivity index (χ1n) is 7.80. The van der Waals surface area contributed by atoms with Crippen molar-refractivity contribution in [1.82, 2.24) is 9.47 Å². The second-order valence-corrected chi connectivity index (χ2v) is 7.05. The number of hydrogen-bond donors (Lipinski definition) is 0. The van der Waals surface area contributed by atoms with Crippen LogP contribution in [0.1, 0.15) is 10.4 Å². The second-order valence-electron chi connectivity index (χ2n) is 6.04. The molecule has 0 unspecified atom stereocenters. The molecule has 0 radical (unpaired) electrons. The number of Topliss-reactive ketones (excluding diaryl/α,β-unsaturated/α-hetero) is 1. The van der Waals surface area contributed by atoms with E-state index in [9.17, 15) is 4.79 Å². The zero-order chi connectivity index (χ0) is 15.1. The minimum atomic E-state index is 0.0985. The summed E-state index contributed by atoms with van der Waals surface area (Å²) in [4.78, 5) is 15.4. The Hall–Kier alpha value is -1.30. The normalized spacial score (nSPS) is 23.0. The molecule has 0 amide bonds. The van der Waals surface area contributed by atoms with E-state index in [1.807, 2.05) is 23.9 Å². The lowest BCUT2D eigenvalue weighted by molar-refractivity contribution is 0.0314. The highest BCUT2D eigenvalue weighted by atomic mass is 32.2. The number of ketones is 1. The maximum Gasteiger partial charge on any atom is 0.171 e. The lowest BCUT2D eigenvalue weighted by Gasteiger charge is -2.31. The van der Waals surface area contributed by atoms with Crippen LogP contribution in [0.25, 0.3) is 10.9 Å². The third kappa shape index (κ3) is 2.28. The summed E-state index contributed by atoms with van der Waals surface area (Å²) < 4.78 is 7.56. The second kappa shape index (κ2) is 5.72. The van der Waals surface area contributed by atoms with Gasteiger partial charge in [0, 0.05) is 49.3 Å². The SMILES string of the molecule is Cn1c2c(c3ccccc31)C(=O)[C@H](CN1CCOCC1)CS2. The molecule has 0 spiro atoms. The van der Waals surface area contributed by atoms with Crippen molar-refractivity contribution in [1.29, 1.82) is 0 Å². The molecule has 1 aromatic carbocycles. The van der Waals surface area contributed by atoms with E-state index in [0.29, 0.717) is 5.78 Å². The van der Waals surface area contributed by atoms with Gasteiger partial charge in [-0.05, 0) is 6.07 Å². The zero-order valence-corrected chi connectivity index (χ0v) is 13.6. The fourth-order valence-corrected chi connectivity index (χ4v) is 4.73. The molecule has 5 heteroatoms. The summed E-state index contributed by atoms with van der Waals surface area (Å²) in [6.07, 6.45) is 0. The molecule has 4 nitrogen and oxygen atoms in total. The van der Waals surface area contributed by atoms with E-state index in [-0.39, 0.29) is 5.92 Å². The zero-order valence-electron chi connectivity index (χ0n) is 12.7. The third-order valence-electron chi connectivity index (χ3n) is 4.67. The number of fused-ring (bicyclic) bond motifs is 3. The number of hydrogen-bond acceptors (Lipinski definition) is 4. The van der Waals surface area contributed by atoms with Crippen LogP contribution in [0.5, 0.6) is 0 Å². The molecule has 2 aliphatic rings. The Bertz CT molecular complexity index is 719. The van der Waals surface area contributed by atoms with Gasteiger partial charge in [-0.2, -0.15) is 0 Å². The molecule has 2 aliphatic heterocycles.